The van der Waals surface area contributed by atoms with Crippen molar-refractivity contribution in [3.63, 3.8) is 0 Å². The number of halogens is 1. The fraction of sp³-hybridized carbons (Fsp3) is 0.533. The molecule has 1 fully saturated rings. The van der Waals surface area contributed by atoms with Crippen molar-refractivity contribution in [2.24, 2.45) is 0 Å². The lowest BCUT2D eigenvalue weighted by Crippen LogP contribution is -2.51. The monoisotopic (exact) mass is 311 g/mol. The molecule has 1 aliphatic rings. The second kappa shape index (κ2) is 7.75. The van der Waals surface area contributed by atoms with E-state index in [0.29, 0.717) is 18.1 Å². The fourth-order valence-corrected chi connectivity index (χ4v) is 2.52. The average molecular weight is 312 g/mol. The Kier molecular flexibility index (Phi) is 5.99. The predicted octanol–water partition coefficient (Wildman–Crippen LogP) is 0.912. The number of hydrogen-bond acceptors (Lipinski definition) is 4. The molecule has 1 aromatic rings. The van der Waals surface area contributed by atoms with Crippen LogP contribution in [0.1, 0.15) is 12.5 Å². The Hall–Kier alpha value is -1.14. The number of aliphatic hydroxyl groups excluding tert-OH is 1. The van der Waals surface area contributed by atoms with Crippen molar-refractivity contribution in [1.29, 1.82) is 0 Å². The second-order valence-electron chi connectivity index (χ2n) is 5.33. The molecule has 5 nitrogen and oxygen atoms in total. The zero-order valence-electron chi connectivity index (χ0n) is 12.3. The summed E-state index contributed by atoms with van der Waals surface area (Å²) in [4.78, 5) is 15.3. The van der Waals surface area contributed by atoms with Crippen molar-refractivity contribution in [3.8, 4) is 0 Å². The molecule has 1 aliphatic heterocycles. The van der Waals surface area contributed by atoms with Crippen molar-refractivity contribution in [2.75, 3.05) is 32.7 Å². The van der Waals surface area contributed by atoms with Gasteiger partial charge in [0.25, 0.3) is 0 Å². The van der Waals surface area contributed by atoms with E-state index < -0.39 is 6.23 Å². The summed E-state index contributed by atoms with van der Waals surface area (Å²) >= 11 is 5.83. The molecular formula is C15H22ClN3O2. The highest BCUT2D eigenvalue weighted by Gasteiger charge is 2.20. The summed E-state index contributed by atoms with van der Waals surface area (Å²) in [5.41, 5.74) is 1.08. The van der Waals surface area contributed by atoms with Crippen LogP contribution in [0.3, 0.4) is 0 Å². The maximum absolute atomic E-state index is 11.2. The molecule has 1 atom stereocenters. The van der Waals surface area contributed by atoms with E-state index in [1.54, 1.807) is 6.92 Å². The van der Waals surface area contributed by atoms with Gasteiger partial charge in [0.1, 0.15) is 6.23 Å². The number of piperazine rings is 1. The minimum Gasteiger partial charge on any atom is -0.377 e. The fourth-order valence-electron chi connectivity index (χ4n) is 2.39. The van der Waals surface area contributed by atoms with Gasteiger partial charge in [0, 0.05) is 51.2 Å². The normalized spacial score (nSPS) is 17.8. The summed E-state index contributed by atoms with van der Waals surface area (Å²) in [6.07, 6.45) is -0.579. The number of carbonyl (C=O) groups excluding carboxylic acids is 1. The quantitative estimate of drug-likeness (QED) is 0.794. The number of rotatable bonds is 5. The number of amides is 1. The highest BCUT2D eigenvalue weighted by Crippen LogP contribution is 2.09. The number of benzene rings is 1. The minimum absolute atomic E-state index is 0.121. The van der Waals surface area contributed by atoms with Crippen LogP contribution in [-0.2, 0) is 11.3 Å². The molecular weight excluding hydrogens is 290 g/mol. The molecule has 0 radical (unpaired) electrons. The van der Waals surface area contributed by atoms with Gasteiger partial charge in [-0.3, -0.25) is 15.0 Å². The molecule has 2 N–H and O–H groups in total. The third-order valence-electron chi connectivity index (χ3n) is 3.70. The molecule has 1 heterocycles. The van der Waals surface area contributed by atoms with Crippen molar-refractivity contribution < 1.29 is 9.90 Å². The molecule has 0 saturated carbocycles. The van der Waals surface area contributed by atoms with Gasteiger partial charge in [-0.05, 0) is 17.7 Å². The van der Waals surface area contributed by atoms with Crippen LogP contribution in [0.15, 0.2) is 24.3 Å². The van der Waals surface area contributed by atoms with E-state index in [-0.39, 0.29) is 5.91 Å². The van der Waals surface area contributed by atoms with Gasteiger partial charge in [0.05, 0.1) is 0 Å². The summed E-state index contributed by atoms with van der Waals surface area (Å²) in [6.45, 7) is 5.85. The first kappa shape index (κ1) is 16.2. The lowest BCUT2D eigenvalue weighted by Gasteiger charge is -2.35. The highest BCUT2D eigenvalue weighted by molar-refractivity contribution is 6.30. The summed E-state index contributed by atoms with van der Waals surface area (Å²) in [6, 6.07) is 7.55. The van der Waals surface area contributed by atoms with Gasteiger partial charge >= 0.3 is 0 Å². The van der Waals surface area contributed by atoms with E-state index in [2.05, 4.69) is 10.2 Å². The molecule has 0 bridgehead atoms. The van der Waals surface area contributed by atoms with Crippen LogP contribution in [0.25, 0.3) is 0 Å². The van der Waals surface area contributed by atoms with Crippen LogP contribution in [0, 0.1) is 0 Å². The van der Waals surface area contributed by atoms with E-state index >= 15 is 0 Å². The zero-order chi connectivity index (χ0) is 15.2. The number of carbonyl (C=O) groups is 1. The minimum atomic E-state index is -0.579. The lowest BCUT2D eigenvalue weighted by atomic mass is 10.2. The third kappa shape index (κ3) is 5.28. The Bertz CT molecular complexity index is 458. The zero-order valence-corrected chi connectivity index (χ0v) is 13.0. The Morgan fingerprint density at radius 3 is 2.48 bits per heavy atom. The van der Waals surface area contributed by atoms with E-state index in [1.807, 2.05) is 29.2 Å². The molecule has 6 heteroatoms. The second-order valence-corrected chi connectivity index (χ2v) is 5.77. The molecule has 0 aliphatic carbocycles. The van der Waals surface area contributed by atoms with Crippen LogP contribution in [0.4, 0.5) is 0 Å². The summed E-state index contributed by atoms with van der Waals surface area (Å²) in [5, 5.41) is 13.8. The van der Waals surface area contributed by atoms with Crippen LogP contribution in [0.5, 0.6) is 0 Å². The first-order chi connectivity index (χ1) is 10.0. The highest BCUT2D eigenvalue weighted by atomic mass is 35.5. The average Bonchev–Trinajstić information content (AvgIpc) is 2.47. The first-order valence-corrected chi connectivity index (χ1v) is 7.56. The van der Waals surface area contributed by atoms with E-state index in [0.717, 1.165) is 31.7 Å². The van der Waals surface area contributed by atoms with Crippen molar-refractivity contribution in [1.82, 2.24) is 15.1 Å². The van der Waals surface area contributed by atoms with Gasteiger partial charge in [0.2, 0.25) is 5.91 Å². The van der Waals surface area contributed by atoms with Crippen molar-refractivity contribution in [3.05, 3.63) is 34.9 Å². The van der Waals surface area contributed by atoms with Gasteiger partial charge in [-0.15, -0.1) is 0 Å². The van der Waals surface area contributed by atoms with Gasteiger partial charge in [-0.1, -0.05) is 23.7 Å². The maximum Gasteiger partial charge on any atom is 0.219 e. The number of aliphatic hydroxyl groups is 1. The molecule has 0 aromatic heterocycles. The van der Waals surface area contributed by atoms with Crippen LogP contribution in [-0.4, -0.2) is 59.8 Å². The standard InChI is InChI=1S/C15H22ClN3O2/c1-12(20)19-8-6-18(7-9-19)11-15(21)17-10-13-2-4-14(16)5-3-13/h2-5,15,17,21H,6-11H2,1H3. The lowest BCUT2D eigenvalue weighted by molar-refractivity contribution is -0.130. The third-order valence-corrected chi connectivity index (χ3v) is 3.96. The number of nitrogens with one attached hydrogen (secondary N) is 1. The largest absolute Gasteiger partial charge is 0.377 e. The molecule has 1 amide bonds. The van der Waals surface area contributed by atoms with E-state index in [4.69, 9.17) is 11.6 Å². The van der Waals surface area contributed by atoms with E-state index in [9.17, 15) is 9.90 Å². The van der Waals surface area contributed by atoms with Crippen molar-refractivity contribution >= 4 is 17.5 Å². The Morgan fingerprint density at radius 2 is 1.90 bits per heavy atom. The predicted molar refractivity (Wildman–Crippen MR) is 83.0 cm³/mol. The van der Waals surface area contributed by atoms with Crippen LogP contribution >= 0.6 is 11.6 Å². The number of β-amino-alcohol motifs (C(OH)–C–C–N with tert-alkyl or cyclic N) is 1. The molecule has 1 saturated heterocycles. The SMILES string of the molecule is CC(=O)N1CCN(CC(O)NCc2ccc(Cl)cc2)CC1. The van der Waals surface area contributed by atoms with E-state index in [1.165, 1.54) is 0 Å². The van der Waals surface area contributed by atoms with Gasteiger partial charge in [0.15, 0.2) is 0 Å². The molecule has 116 valence electrons. The smallest absolute Gasteiger partial charge is 0.219 e. The molecule has 1 unspecified atom stereocenters. The summed E-state index contributed by atoms with van der Waals surface area (Å²) < 4.78 is 0. The summed E-state index contributed by atoms with van der Waals surface area (Å²) in [5.74, 6) is 0.121. The van der Waals surface area contributed by atoms with Gasteiger partial charge in [-0.25, -0.2) is 0 Å². The number of hydrogen-bond donors (Lipinski definition) is 2. The topological polar surface area (TPSA) is 55.8 Å². The molecule has 0 spiro atoms. The number of nitrogens with zero attached hydrogens (tertiary/aromatic N) is 2. The van der Waals surface area contributed by atoms with Crippen LogP contribution in [0.2, 0.25) is 5.02 Å². The first-order valence-electron chi connectivity index (χ1n) is 7.18. The van der Waals surface area contributed by atoms with Gasteiger partial charge in [-0.2, -0.15) is 0 Å². The summed E-state index contributed by atoms with van der Waals surface area (Å²) in [7, 11) is 0. The Balaban J connectivity index is 1.69. The van der Waals surface area contributed by atoms with Crippen molar-refractivity contribution in [2.45, 2.75) is 19.7 Å². The van der Waals surface area contributed by atoms with Gasteiger partial charge < -0.3 is 10.0 Å². The van der Waals surface area contributed by atoms with Crippen LogP contribution < -0.4 is 5.32 Å². The maximum atomic E-state index is 11.2. The molecule has 21 heavy (non-hydrogen) atoms. The Morgan fingerprint density at radius 1 is 1.29 bits per heavy atom. The Labute approximate surface area is 130 Å². The molecule has 2 rings (SSSR count). The molecule has 1 aromatic carbocycles.